The van der Waals surface area contributed by atoms with Gasteiger partial charge in [0.05, 0.1) is 8.07 Å². The summed E-state index contributed by atoms with van der Waals surface area (Å²) in [5.74, 6) is 0.667. The molecule has 0 amide bonds. The Labute approximate surface area is 268 Å². The van der Waals surface area contributed by atoms with E-state index in [9.17, 15) is 0 Å². The fraction of sp³-hybridized carbons (Fsp3) is 0.263. The van der Waals surface area contributed by atoms with Crippen molar-refractivity contribution in [2.75, 3.05) is 0 Å². The summed E-state index contributed by atoms with van der Waals surface area (Å²) >= 11 is 0. The summed E-state index contributed by atoms with van der Waals surface area (Å²) < 4.78 is 0. The number of aromatic nitrogens is 2. The molecule has 2 heterocycles. The minimum absolute atomic E-state index is 0. The molecule has 2 nitrogen and oxygen atoms in total. The zero-order chi connectivity index (χ0) is 29.5. The van der Waals surface area contributed by atoms with E-state index in [1.807, 2.05) is 48.7 Å². The van der Waals surface area contributed by atoms with Crippen molar-refractivity contribution in [2.45, 2.75) is 59.2 Å². The molecule has 1 radical (unpaired) electrons. The van der Waals surface area contributed by atoms with Crippen molar-refractivity contribution in [1.82, 2.24) is 9.97 Å². The fourth-order valence-corrected chi connectivity index (χ4v) is 6.62. The van der Waals surface area contributed by atoms with Gasteiger partial charge in [-0.2, -0.15) is 0 Å². The monoisotopic (exact) mass is 747 g/mol. The first-order valence-corrected chi connectivity index (χ1v) is 18.0. The summed E-state index contributed by atoms with van der Waals surface area (Å²) in [6, 6.07) is 39.8. The first kappa shape index (κ1) is 33.3. The predicted octanol–water partition coefficient (Wildman–Crippen LogP) is 9.16. The third-order valence-electron chi connectivity index (χ3n) is 7.37. The molecule has 0 aliphatic rings. The number of nitrogens with zero attached hydrogens (tertiary/aromatic N) is 2. The molecule has 0 fully saturated rings. The summed E-state index contributed by atoms with van der Waals surface area (Å²) in [7, 11) is -1.34. The molecule has 0 saturated carbocycles. The van der Waals surface area contributed by atoms with Gasteiger partial charge in [0.2, 0.25) is 0 Å². The van der Waals surface area contributed by atoms with Gasteiger partial charge in [-0.3, -0.25) is 0 Å². The molecule has 0 aliphatic carbocycles. The second kappa shape index (κ2) is 14.8. The van der Waals surface area contributed by atoms with Crippen LogP contribution < -0.4 is 5.19 Å². The van der Waals surface area contributed by atoms with Crippen LogP contribution in [-0.4, -0.2) is 18.0 Å². The van der Waals surface area contributed by atoms with Crippen LogP contribution in [0.4, 0.5) is 0 Å². The zero-order valence-corrected chi connectivity index (χ0v) is 29.3. The minimum Gasteiger partial charge on any atom is -0.305 e. The van der Waals surface area contributed by atoms with Gasteiger partial charge < -0.3 is 9.97 Å². The Bertz CT molecular complexity index is 1530. The summed E-state index contributed by atoms with van der Waals surface area (Å²) in [6.45, 7) is 16.2. The Balaban J connectivity index is 0.000000225. The van der Waals surface area contributed by atoms with Gasteiger partial charge in [0.15, 0.2) is 0 Å². The van der Waals surface area contributed by atoms with Crippen molar-refractivity contribution in [2.24, 2.45) is 5.92 Å². The summed E-state index contributed by atoms with van der Waals surface area (Å²) in [5.41, 5.74) is 8.14. The average Bonchev–Trinajstić information content (AvgIpc) is 2.98. The van der Waals surface area contributed by atoms with E-state index in [1.165, 1.54) is 21.9 Å². The number of hydrogen-bond acceptors (Lipinski definition) is 2. The van der Waals surface area contributed by atoms with Gasteiger partial charge in [-0.15, -0.1) is 71.3 Å². The maximum atomic E-state index is 4.69. The normalized spacial score (nSPS) is 11.3. The molecule has 2 aromatic heterocycles. The molecule has 4 heteroatoms. The molecule has 0 bridgehead atoms. The van der Waals surface area contributed by atoms with Crippen LogP contribution in [0, 0.1) is 18.1 Å². The Morgan fingerprint density at radius 2 is 1.40 bits per heavy atom. The molecule has 0 spiro atoms. The van der Waals surface area contributed by atoms with Gasteiger partial charge in [0.1, 0.15) is 0 Å². The fourth-order valence-electron chi connectivity index (χ4n) is 5.03. The van der Waals surface area contributed by atoms with E-state index in [0.29, 0.717) is 5.92 Å². The molecule has 219 valence electrons. The molecule has 0 aliphatic heterocycles. The molecule has 0 unspecified atom stereocenters. The summed E-state index contributed by atoms with van der Waals surface area (Å²) in [4.78, 5) is 9.10. The van der Waals surface area contributed by atoms with Crippen LogP contribution in [-0.2, 0) is 31.9 Å². The Morgan fingerprint density at radius 3 is 2.02 bits per heavy atom. The van der Waals surface area contributed by atoms with E-state index in [2.05, 4.69) is 130 Å². The largest absolute Gasteiger partial charge is 0.305 e. The third-order valence-corrected chi connectivity index (χ3v) is 9.44. The molecular weight excluding hydrogens is 705 g/mol. The van der Waals surface area contributed by atoms with Crippen molar-refractivity contribution in [1.29, 1.82) is 0 Å². The molecule has 0 atom stereocenters. The van der Waals surface area contributed by atoms with Gasteiger partial charge in [-0.05, 0) is 46.0 Å². The van der Waals surface area contributed by atoms with Crippen molar-refractivity contribution < 1.29 is 20.1 Å². The van der Waals surface area contributed by atoms with Crippen LogP contribution in [0.1, 0.15) is 44.4 Å². The summed E-state index contributed by atoms with van der Waals surface area (Å²) in [6.07, 6.45) is 5.06. The topological polar surface area (TPSA) is 25.8 Å². The maximum Gasteiger partial charge on any atom is 0.0798 e. The van der Waals surface area contributed by atoms with Crippen LogP contribution >= 0.6 is 0 Å². The van der Waals surface area contributed by atoms with E-state index < -0.39 is 8.07 Å². The van der Waals surface area contributed by atoms with E-state index >= 15 is 0 Å². The second-order valence-electron chi connectivity index (χ2n) is 12.5. The van der Waals surface area contributed by atoms with Gasteiger partial charge in [-0.25, -0.2) is 0 Å². The first-order valence-electron chi connectivity index (χ1n) is 14.5. The molecule has 5 aromatic rings. The first-order chi connectivity index (χ1) is 19.6. The molecular formula is C38H42IrN2Si-2. The molecule has 3 aromatic carbocycles. The van der Waals surface area contributed by atoms with Gasteiger partial charge in [0, 0.05) is 32.5 Å². The number of pyridine rings is 2. The predicted molar refractivity (Wildman–Crippen MR) is 177 cm³/mol. The van der Waals surface area contributed by atoms with Gasteiger partial charge >= 0.3 is 0 Å². The van der Waals surface area contributed by atoms with Crippen molar-refractivity contribution in [3.8, 4) is 22.5 Å². The number of benzene rings is 3. The molecule has 5 rings (SSSR count). The third kappa shape index (κ3) is 8.67. The quantitative estimate of drug-likeness (QED) is 0.123. The Kier molecular flexibility index (Phi) is 11.8. The SMILES string of the molecule is CC(C)(c1ccccc1)c1cc[c-]c(-c2ccccn2)c1.CC(C)Cc1cc(-c2[c-]cccc2)ncc1[Si](C)(C)C.[Ir]. The van der Waals surface area contributed by atoms with Crippen molar-refractivity contribution in [3.05, 3.63) is 138 Å². The Hall–Kier alpha value is -3.17. The van der Waals surface area contributed by atoms with Gasteiger partial charge in [-0.1, -0.05) is 101 Å². The van der Waals surface area contributed by atoms with Crippen molar-refractivity contribution >= 4 is 13.3 Å². The molecule has 0 saturated heterocycles. The van der Waals surface area contributed by atoms with Crippen LogP contribution in [0.5, 0.6) is 0 Å². The smallest absolute Gasteiger partial charge is 0.0798 e. The molecule has 42 heavy (non-hydrogen) atoms. The standard InChI is InChI=1S/C20H18N.C18H24NSi.Ir/c1-20(2,17-10-4-3-5-11-17)18-12-8-9-16(15-18)19-13-6-7-14-21-19;1-14(2)11-16-12-17(15-9-7-6-8-10-15)19-13-18(16)20(3,4)5;/h3-8,10-15H,1-2H3;6-9,12-14H,11H2,1-5H3;/q2*-1;. The van der Waals surface area contributed by atoms with Gasteiger partial charge in [0.25, 0.3) is 0 Å². The van der Waals surface area contributed by atoms with E-state index in [4.69, 9.17) is 0 Å². The number of rotatable bonds is 7. The number of hydrogen-bond donors (Lipinski definition) is 0. The second-order valence-corrected chi connectivity index (χ2v) is 17.6. The average molecular weight is 747 g/mol. The molecule has 0 N–H and O–H groups in total. The van der Waals surface area contributed by atoms with Crippen LogP contribution in [0.25, 0.3) is 22.5 Å². The summed E-state index contributed by atoms with van der Waals surface area (Å²) in [5, 5.41) is 1.49. The van der Waals surface area contributed by atoms with Crippen molar-refractivity contribution in [3.63, 3.8) is 0 Å². The maximum absolute atomic E-state index is 4.69. The van der Waals surface area contributed by atoms with E-state index in [0.717, 1.165) is 28.9 Å². The Morgan fingerprint density at radius 1 is 0.714 bits per heavy atom. The minimum atomic E-state index is -1.34. The zero-order valence-electron chi connectivity index (χ0n) is 25.9. The van der Waals surface area contributed by atoms with Crippen LogP contribution in [0.15, 0.2) is 109 Å². The van der Waals surface area contributed by atoms with Crippen LogP contribution in [0.3, 0.4) is 0 Å². The van der Waals surface area contributed by atoms with Crippen LogP contribution in [0.2, 0.25) is 19.6 Å². The van der Waals surface area contributed by atoms with E-state index in [-0.39, 0.29) is 25.5 Å². The van der Waals surface area contributed by atoms with E-state index in [1.54, 1.807) is 0 Å².